The van der Waals surface area contributed by atoms with Gasteiger partial charge in [0, 0.05) is 10.6 Å². The van der Waals surface area contributed by atoms with Crippen molar-refractivity contribution in [1.29, 1.82) is 0 Å². The number of imide groups is 1. The van der Waals surface area contributed by atoms with Crippen molar-refractivity contribution in [2.75, 3.05) is 18.5 Å². The number of aryl methyl sites for hydroxylation is 1. The second-order valence-electron chi connectivity index (χ2n) is 6.97. The van der Waals surface area contributed by atoms with Crippen LogP contribution in [0.2, 0.25) is 5.02 Å². The smallest absolute Gasteiger partial charge is 0.339 e. The third-order valence-corrected chi connectivity index (χ3v) is 6.74. The van der Waals surface area contributed by atoms with E-state index in [0.29, 0.717) is 5.69 Å². The fraction of sp³-hybridized carbons (Fsp3) is 0.273. The number of thioether (sulfide) groups is 1. The van der Waals surface area contributed by atoms with Crippen molar-refractivity contribution >= 4 is 69.5 Å². The molecule has 0 saturated carbocycles. The molecule has 1 N–H and O–H groups in total. The van der Waals surface area contributed by atoms with Crippen molar-refractivity contribution < 1.29 is 23.9 Å². The summed E-state index contributed by atoms with van der Waals surface area (Å²) in [7, 11) is 0. The van der Waals surface area contributed by atoms with E-state index < -0.39 is 29.6 Å². The first-order chi connectivity index (χ1) is 15.3. The fourth-order valence-corrected chi connectivity index (χ4v) is 4.73. The summed E-state index contributed by atoms with van der Waals surface area (Å²) >= 11 is 8.35. The summed E-state index contributed by atoms with van der Waals surface area (Å²) in [5.41, 5.74) is 1.44. The Morgan fingerprint density at radius 2 is 2.03 bits per heavy atom. The second kappa shape index (κ2) is 10.8. The number of nitrogens with one attached hydrogen (secondary N) is 1. The summed E-state index contributed by atoms with van der Waals surface area (Å²) in [4.78, 5) is 51.6. The van der Waals surface area contributed by atoms with E-state index in [4.69, 9.17) is 16.3 Å². The number of rotatable bonds is 8. The zero-order valence-electron chi connectivity index (χ0n) is 17.5. The highest BCUT2D eigenvalue weighted by molar-refractivity contribution is 8.18. The quantitative estimate of drug-likeness (QED) is 0.303. The summed E-state index contributed by atoms with van der Waals surface area (Å²) in [6, 6.07) is 6.33. The molecule has 0 atom stereocenters. The molecule has 1 aliphatic heterocycles. The fourth-order valence-electron chi connectivity index (χ4n) is 2.78. The SMILES string of the molecule is CCCCOC(=O)c1cc(NC(=O)CN2C(=O)S/C(=C/c3sccc3C)C2=O)ccc1Cl. The van der Waals surface area contributed by atoms with E-state index in [2.05, 4.69) is 5.32 Å². The Morgan fingerprint density at radius 3 is 2.72 bits per heavy atom. The van der Waals surface area contributed by atoms with Crippen molar-refractivity contribution in [3.63, 3.8) is 0 Å². The summed E-state index contributed by atoms with van der Waals surface area (Å²) in [5.74, 6) is -1.67. The van der Waals surface area contributed by atoms with E-state index in [1.165, 1.54) is 29.5 Å². The van der Waals surface area contributed by atoms with Crippen LogP contribution in [0.1, 0.15) is 40.6 Å². The maximum atomic E-state index is 12.6. The molecule has 10 heteroatoms. The van der Waals surface area contributed by atoms with Crippen molar-refractivity contribution in [3.8, 4) is 0 Å². The van der Waals surface area contributed by atoms with Gasteiger partial charge in [0.05, 0.1) is 22.1 Å². The zero-order valence-corrected chi connectivity index (χ0v) is 19.9. The first kappa shape index (κ1) is 24.0. The lowest BCUT2D eigenvalue weighted by Crippen LogP contribution is -2.36. The number of ether oxygens (including phenoxy) is 1. The predicted octanol–water partition coefficient (Wildman–Crippen LogP) is 5.34. The molecule has 3 amide bonds. The van der Waals surface area contributed by atoms with E-state index in [1.807, 2.05) is 25.3 Å². The van der Waals surface area contributed by atoms with Crippen LogP contribution in [-0.2, 0) is 14.3 Å². The van der Waals surface area contributed by atoms with E-state index in [-0.39, 0.29) is 22.1 Å². The zero-order chi connectivity index (χ0) is 23.3. The summed E-state index contributed by atoms with van der Waals surface area (Å²) in [5, 5.41) is 4.18. The molecule has 0 unspecified atom stereocenters. The number of hydrogen-bond acceptors (Lipinski definition) is 7. The van der Waals surface area contributed by atoms with Gasteiger partial charge in [0.25, 0.3) is 11.1 Å². The molecule has 7 nitrogen and oxygen atoms in total. The molecule has 2 heterocycles. The highest BCUT2D eigenvalue weighted by Crippen LogP contribution is 2.33. The first-order valence-corrected chi connectivity index (χ1v) is 11.9. The van der Waals surface area contributed by atoms with Crippen molar-refractivity contribution in [3.05, 3.63) is 55.6 Å². The lowest BCUT2D eigenvalue weighted by molar-refractivity contribution is -0.127. The van der Waals surface area contributed by atoms with Gasteiger partial charge in [-0.15, -0.1) is 11.3 Å². The van der Waals surface area contributed by atoms with Gasteiger partial charge in [-0.2, -0.15) is 0 Å². The van der Waals surface area contributed by atoms with E-state index in [0.717, 1.165) is 39.9 Å². The molecule has 1 aromatic heterocycles. The van der Waals surface area contributed by atoms with Crippen molar-refractivity contribution in [2.45, 2.75) is 26.7 Å². The van der Waals surface area contributed by atoms with Gasteiger partial charge in [0.1, 0.15) is 6.54 Å². The van der Waals surface area contributed by atoms with Crippen molar-refractivity contribution in [2.24, 2.45) is 0 Å². The van der Waals surface area contributed by atoms with Crippen LogP contribution in [0.4, 0.5) is 10.5 Å². The Morgan fingerprint density at radius 1 is 1.25 bits per heavy atom. The number of thiophene rings is 1. The molecule has 0 radical (unpaired) electrons. The van der Waals surface area contributed by atoms with Crippen LogP contribution < -0.4 is 5.32 Å². The molecule has 1 aromatic carbocycles. The highest BCUT2D eigenvalue weighted by atomic mass is 35.5. The standard InChI is InChI=1S/C22H21ClN2O5S2/c1-3-4-8-30-21(28)15-10-14(5-6-16(15)23)24-19(26)12-25-20(27)18(32-22(25)29)11-17-13(2)7-9-31-17/h5-7,9-11H,3-4,8,12H2,1-2H3,(H,24,26)/b18-11+. The number of carbonyl (C=O) groups excluding carboxylic acids is 4. The molecule has 1 saturated heterocycles. The van der Waals surface area contributed by atoms with E-state index >= 15 is 0 Å². The Hall–Kier alpha value is -2.62. The number of halogens is 1. The molecule has 1 fully saturated rings. The Bertz CT molecular complexity index is 1100. The average Bonchev–Trinajstić information content (AvgIpc) is 3.27. The minimum atomic E-state index is -0.584. The van der Waals surface area contributed by atoms with Gasteiger partial charge in [0.15, 0.2) is 0 Å². The predicted molar refractivity (Wildman–Crippen MR) is 127 cm³/mol. The van der Waals surface area contributed by atoms with Gasteiger partial charge in [-0.3, -0.25) is 19.3 Å². The maximum absolute atomic E-state index is 12.6. The number of unbranched alkanes of at least 4 members (excludes halogenated alkanes) is 1. The monoisotopic (exact) mass is 492 g/mol. The Labute approximate surface area is 198 Å². The van der Waals surface area contributed by atoms with Gasteiger partial charge in [0.2, 0.25) is 5.91 Å². The minimum absolute atomic E-state index is 0.126. The number of nitrogens with zero attached hydrogens (tertiary/aromatic N) is 1. The van der Waals surface area contributed by atoms with Gasteiger partial charge >= 0.3 is 5.97 Å². The lowest BCUT2D eigenvalue weighted by Gasteiger charge is -2.13. The molecule has 168 valence electrons. The van der Waals surface area contributed by atoms with Crippen LogP contribution in [0.15, 0.2) is 34.6 Å². The molecule has 1 aliphatic rings. The first-order valence-electron chi connectivity index (χ1n) is 9.86. The topological polar surface area (TPSA) is 92.8 Å². The average molecular weight is 493 g/mol. The van der Waals surface area contributed by atoms with Crippen LogP contribution in [-0.4, -0.2) is 41.1 Å². The second-order valence-corrected chi connectivity index (χ2v) is 9.32. The number of esters is 1. The number of carbonyl (C=O) groups is 4. The van der Waals surface area contributed by atoms with Crippen molar-refractivity contribution in [1.82, 2.24) is 4.90 Å². The van der Waals surface area contributed by atoms with Crippen LogP contribution in [0.25, 0.3) is 6.08 Å². The summed E-state index contributed by atoms with van der Waals surface area (Å²) in [6.07, 6.45) is 3.28. The molecule has 0 spiro atoms. The molecule has 2 aromatic rings. The van der Waals surface area contributed by atoms with Gasteiger partial charge in [-0.05, 0) is 66.4 Å². The van der Waals surface area contributed by atoms with Crippen LogP contribution in [0, 0.1) is 6.92 Å². The third kappa shape index (κ3) is 5.79. The Kier molecular flexibility index (Phi) is 8.11. The number of anilines is 1. The third-order valence-electron chi connectivity index (χ3n) is 4.54. The normalized spacial score (nSPS) is 14.8. The van der Waals surface area contributed by atoms with Gasteiger partial charge in [-0.25, -0.2) is 4.79 Å². The van der Waals surface area contributed by atoms with Crippen LogP contribution in [0.5, 0.6) is 0 Å². The van der Waals surface area contributed by atoms with Gasteiger partial charge < -0.3 is 10.1 Å². The van der Waals surface area contributed by atoms with E-state index in [1.54, 1.807) is 6.08 Å². The highest BCUT2D eigenvalue weighted by Gasteiger charge is 2.36. The summed E-state index contributed by atoms with van der Waals surface area (Å²) in [6.45, 7) is 3.73. The Balaban J connectivity index is 1.65. The van der Waals surface area contributed by atoms with E-state index in [9.17, 15) is 19.2 Å². The molecule has 3 rings (SSSR count). The lowest BCUT2D eigenvalue weighted by atomic mass is 10.2. The van der Waals surface area contributed by atoms with Crippen LogP contribution in [0.3, 0.4) is 0 Å². The molecular weight excluding hydrogens is 472 g/mol. The summed E-state index contributed by atoms with van der Waals surface area (Å²) < 4.78 is 5.17. The van der Waals surface area contributed by atoms with Crippen LogP contribution >= 0.6 is 34.7 Å². The molecule has 0 aliphatic carbocycles. The number of amides is 3. The molecular formula is C22H21ClN2O5S2. The number of benzene rings is 1. The minimum Gasteiger partial charge on any atom is -0.462 e. The maximum Gasteiger partial charge on any atom is 0.339 e. The molecule has 32 heavy (non-hydrogen) atoms. The van der Waals surface area contributed by atoms with Gasteiger partial charge in [-0.1, -0.05) is 24.9 Å². The molecule has 0 bridgehead atoms. The number of hydrogen-bond donors (Lipinski definition) is 1. The largest absolute Gasteiger partial charge is 0.462 e.